The molecule has 0 unspecified atom stereocenters. The maximum atomic E-state index is 11.4. The molecule has 0 fully saturated rings. The molecule has 0 spiro atoms. The predicted molar refractivity (Wildman–Crippen MR) is 69.5 cm³/mol. The Hall–Kier alpha value is -1.74. The molecule has 2 aromatic rings. The zero-order valence-corrected chi connectivity index (χ0v) is 10.1. The lowest BCUT2D eigenvalue weighted by Crippen LogP contribution is -2.09. The summed E-state index contributed by atoms with van der Waals surface area (Å²) in [5.74, 6) is -0.0475. The second kappa shape index (κ2) is 4.63. The zero-order chi connectivity index (χ0) is 12.4. The van der Waals surface area contributed by atoms with E-state index >= 15 is 0 Å². The highest BCUT2D eigenvalue weighted by atomic mass is 35.5. The van der Waals surface area contributed by atoms with Crippen molar-refractivity contribution in [2.75, 3.05) is 5.32 Å². The molecule has 1 amide bonds. The van der Waals surface area contributed by atoms with Gasteiger partial charge in [-0.3, -0.25) is 4.79 Å². The lowest BCUT2D eigenvalue weighted by atomic mass is 10.1. The van der Waals surface area contributed by atoms with Crippen molar-refractivity contribution in [2.24, 2.45) is 0 Å². The number of hydrogen-bond donors (Lipinski definition) is 2. The van der Waals surface area contributed by atoms with E-state index in [4.69, 9.17) is 11.6 Å². The number of carbonyl (C=O) groups is 1. The van der Waals surface area contributed by atoms with Crippen LogP contribution < -0.4 is 5.32 Å². The Morgan fingerprint density at radius 2 is 2.00 bits per heavy atom. The lowest BCUT2D eigenvalue weighted by Gasteiger charge is -2.10. The number of carbonyl (C=O) groups excluding carboxylic acids is 1. The second-order valence-electron chi connectivity index (χ2n) is 3.70. The molecular weight excluding hydrogens is 238 g/mol. The van der Waals surface area contributed by atoms with Gasteiger partial charge in [-0.1, -0.05) is 42.8 Å². The molecule has 88 valence electrons. The lowest BCUT2D eigenvalue weighted by molar-refractivity contribution is -0.115. The number of phenolic OH excluding ortho intramolecular Hbond substituents is 1. The minimum absolute atomic E-state index is 0.0387. The van der Waals surface area contributed by atoms with Crippen molar-refractivity contribution in [3.8, 4) is 5.75 Å². The molecule has 2 aromatic carbocycles. The maximum absolute atomic E-state index is 11.4. The molecule has 0 atom stereocenters. The quantitative estimate of drug-likeness (QED) is 0.800. The molecule has 0 aliphatic heterocycles. The van der Waals surface area contributed by atoms with Gasteiger partial charge in [-0.25, -0.2) is 0 Å². The van der Waals surface area contributed by atoms with Crippen molar-refractivity contribution in [1.29, 1.82) is 0 Å². The predicted octanol–water partition coefficient (Wildman–Crippen LogP) is 3.55. The molecule has 0 saturated carbocycles. The molecule has 0 aromatic heterocycles. The first-order valence-corrected chi connectivity index (χ1v) is 5.71. The Balaban J connectivity index is 2.63. The van der Waals surface area contributed by atoms with E-state index in [2.05, 4.69) is 5.32 Å². The first kappa shape index (κ1) is 11.7. The van der Waals surface area contributed by atoms with E-state index in [-0.39, 0.29) is 16.7 Å². The Labute approximate surface area is 104 Å². The normalized spacial score (nSPS) is 10.5. The summed E-state index contributed by atoms with van der Waals surface area (Å²) >= 11 is 5.92. The SMILES string of the molecule is CCC(=O)Nc1cc(Cl)c(O)c2ccccc12. The van der Waals surface area contributed by atoms with Crippen LogP contribution in [-0.4, -0.2) is 11.0 Å². The van der Waals surface area contributed by atoms with Crippen molar-refractivity contribution in [3.05, 3.63) is 35.4 Å². The molecule has 3 nitrogen and oxygen atoms in total. The summed E-state index contributed by atoms with van der Waals surface area (Å²) in [7, 11) is 0. The molecule has 0 heterocycles. The van der Waals surface area contributed by atoms with Gasteiger partial charge >= 0.3 is 0 Å². The van der Waals surface area contributed by atoms with Crippen LogP contribution in [0.2, 0.25) is 5.02 Å². The van der Waals surface area contributed by atoms with Gasteiger partial charge in [0.25, 0.3) is 0 Å². The van der Waals surface area contributed by atoms with Gasteiger partial charge in [0.1, 0.15) is 5.75 Å². The van der Waals surface area contributed by atoms with Crippen LogP contribution in [0.4, 0.5) is 5.69 Å². The van der Waals surface area contributed by atoms with E-state index in [1.54, 1.807) is 19.1 Å². The number of aromatic hydroxyl groups is 1. The molecule has 0 saturated heterocycles. The first-order valence-electron chi connectivity index (χ1n) is 5.33. The molecule has 0 radical (unpaired) electrons. The molecule has 0 aliphatic rings. The van der Waals surface area contributed by atoms with Gasteiger partial charge in [-0.05, 0) is 6.07 Å². The highest BCUT2D eigenvalue weighted by Gasteiger charge is 2.10. The highest BCUT2D eigenvalue weighted by Crippen LogP contribution is 2.37. The topological polar surface area (TPSA) is 49.3 Å². The number of fused-ring (bicyclic) bond motifs is 1. The Bertz CT molecular complexity index is 581. The number of halogens is 1. The van der Waals surface area contributed by atoms with Gasteiger partial charge < -0.3 is 10.4 Å². The molecule has 0 bridgehead atoms. The number of rotatable bonds is 2. The molecule has 4 heteroatoms. The van der Waals surface area contributed by atoms with Crippen molar-refractivity contribution >= 4 is 34.0 Å². The third-order valence-electron chi connectivity index (χ3n) is 2.56. The van der Waals surface area contributed by atoms with Gasteiger partial charge in [0.05, 0.1) is 10.7 Å². The number of hydrogen-bond acceptors (Lipinski definition) is 2. The number of phenols is 1. The summed E-state index contributed by atoms with van der Waals surface area (Å²) in [6.07, 6.45) is 0.396. The van der Waals surface area contributed by atoms with Gasteiger partial charge in [0.15, 0.2) is 0 Å². The van der Waals surface area contributed by atoms with Crippen LogP contribution in [0.1, 0.15) is 13.3 Å². The van der Waals surface area contributed by atoms with Crippen LogP contribution in [0.15, 0.2) is 30.3 Å². The van der Waals surface area contributed by atoms with E-state index in [0.29, 0.717) is 17.5 Å². The van der Waals surface area contributed by atoms with Crippen LogP contribution in [0.25, 0.3) is 10.8 Å². The number of anilines is 1. The molecular formula is C13H12ClNO2. The summed E-state index contributed by atoms with van der Waals surface area (Å²) in [6, 6.07) is 8.81. The average molecular weight is 250 g/mol. The molecule has 17 heavy (non-hydrogen) atoms. The van der Waals surface area contributed by atoms with Crippen LogP contribution in [0, 0.1) is 0 Å². The minimum Gasteiger partial charge on any atom is -0.506 e. The van der Waals surface area contributed by atoms with Gasteiger partial charge in [0.2, 0.25) is 5.91 Å². The van der Waals surface area contributed by atoms with Crippen LogP contribution in [0.3, 0.4) is 0 Å². The Morgan fingerprint density at radius 1 is 1.35 bits per heavy atom. The summed E-state index contributed by atoms with van der Waals surface area (Å²) < 4.78 is 0. The van der Waals surface area contributed by atoms with E-state index < -0.39 is 0 Å². The standard InChI is InChI=1S/C13H12ClNO2/c1-2-12(16)15-11-7-10(14)13(17)9-6-4-3-5-8(9)11/h3-7,17H,2H2,1H3,(H,15,16). The first-order chi connectivity index (χ1) is 8.13. The van der Waals surface area contributed by atoms with Gasteiger partial charge in [-0.2, -0.15) is 0 Å². The highest BCUT2D eigenvalue weighted by molar-refractivity contribution is 6.34. The van der Waals surface area contributed by atoms with E-state index in [9.17, 15) is 9.90 Å². The number of nitrogens with one attached hydrogen (secondary N) is 1. The van der Waals surface area contributed by atoms with E-state index in [1.807, 2.05) is 18.2 Å². The molecule has 2 rings (SSSR count). The minimum atomic E-state index is -0.0862. The zero-order valence-electron chi connectivity index (χ0n) is 9.33. The summed E-state index contributed by atoms with van der Waals surface area (Å²) in [6.45, 7) is 1.78. The summed E-state index contributed by atoms with van der Waals surface area (Å²) in [5, 5.41) is 14.2. The summed E-state index contributed by atoms with van der Waals surface area (Å²) in [5.41, 5.74) is 0.621. The Morgan fingerprint density at radius 3 is 2.65 bits per heavy atom. The summed E-state index contributed by atoms with van der Waals surface area (Å²) in [4.78, 5) is 11.4. The van der Waals surface area contributed by atoms with Crippen molar-refractivity contribution in [2.45, 2.75) is 13.3 Å². The van der Waals surface area contributed by atoms with Crippen molar-refractivity contribution < 1.29 is 9.90 Å². The van der Waals surface area contributed by atoms with Gasteiger partial charge in [-0.15, -0.1) is 0 Å². The second-order valence-corrected chi connectivity index (χ2v) is 4.11. The number of amides is 1. The van der Waals surface area contributed by atoms with E-state index in [1.165, 1.54) is 0 Å². The monoisotopic (exact) mass is 249 g/mol. The molecule has 2 N–H and O–H groups in total. The average Bonchev–Trinajstić information content (AvgIpc) is 2.35. The third-order valence-corrected chi connectivity index (χ3v) is 2.85. The van der Waals surface area contributed by atoms with Crippen LogP contribution in [-0.2, 0) is 4.79 Å². The third kappa shape index (κ3) is 2.19. The molecule has 0 aliphatic carbocycles. The fraction of sp³-hybridized carbons (Fsp3) is 0.154. The fourth-order valence-corrected chi connectivity index (χ4v) is 1.88. The smallest absolute Gasteiger partial charge is 0.224 e. The largest absolute Gasteiger partial charge is 0.506 e. The van der Waals surface area contributed by atoms with Crippen molar-refractivity contribution in [1.82, 2.24) is 0 Å². The van der Waals surface area contributed by atoms with Gasteiger partial charge in [0, 0.05) is 17.2 Å². The fourth-order valence-electron chi connectivity index (χ4n) is 1.67. The Kier molecular flexibility index (Phi) is 3.20. The van der Waals surface area contributed by atoms with E-state index in [0.717, 1.165) is 5.39 Å². The maximum Gasteiger partial charge on any atom is 0.224 e. The van der Waals surface area contributed by atoms with Crippen LogP contribution in [0.5, 0.6) is 5.75 Å². The number of benzene rings is 2. The van der Waals surface area contributed by atoms with Crippen LogP contribution >= 0.6 is 11.6 Å². The van der Waals surface area contributed by atoms with Crippen molar-refractivity contribution in [3.63, 3.8) is 0 Å².